The van der Waals surface area contributed by atoms with Crippen molar-refractivity contribution in [3.63, 3.8) is 0 Å². The van der Waals surface area contributed by atoms with Crippen LogP contribution in [0.5, 0.6) is 0 Å². The Balaban J connectivity index is 1.67. The average Bonchev–Trinajstić information content (AvgIpc) is 3.10. The van der Waals surface area contributed by atoms with Gasteiger partial charge in [0, 0.05) is 5.75 Å². The van der Waals surface area contributed by atoms with E-state index in [2.05, 4.69) is 20.3 Å². The summed E-state index contributed by atoms with van der Waals surface area (Å²) < 4.78 is 11.7. The molecule has 29 heavy (non-hydrogen) atoms. The SMILES string of the molecule is CSCCOC(=O)Nc1nc(Cl)c2ncn(CC(=O)OCc3ccccc3)c2n1. The van der Waals surface area contributed by atoms with E-state index in [-0.39, 0.29) is 30.9 Å². The Labute approximate surface area is 175 Å². The molecule has 0 fully saturated rings. The lowest BCUT2D eigenvalue weighted by atomic mass is 10.2. The third kappa shape index (κ3) is 5.81. The van der Waals surface area contributed by atoms with Gasteiger partial charge in [0.15, 0.2) is 10.8 Å². The smallest absolute Gasteiger partial charge is 0.414 e. The van der Waals surface area contributed by atoms with Crippen LogP contribution in [0.2, 0.25) is 5.15 Å². The second-order valence-electron chi connectivity index (χ2n) is 5.78. The molecule has 2 aromatic heterocycles. The van der Waals surface area contributed by atoms with E-state index < -0.39 is 12.1 Å². The number of amides is 1. The molecule has 2 heterocycles. The largest absolute Gasteiger partial charge is 0.459 e. The van der Waals surface area contributed by atoms with Gasteiger partial charge in [-0.3, -0.25) is 10.1 Å². The molecule has 0 aliphatic heterocycles. The lowest BCUT2D eigenvalue weighted by Gasteiger charge is -2.08. The lowest BCUT2D eigenvalue weighted by molar-refractivity contribution is -0.145. The van der Waals surface area contributed by atoms with Crippen molar-refractivity contribution in [2.45, 2.75) is 13.2 Å². The van der Waals surface area contributed by atoms with Crippen molar-refractivity contribution in [2.24, 2.45) is 0 Å². The van der Waals surface area contributed by atoms with E-state index in [9.17, 15) is 9.59 Å². The quantitative estimate of drug-likeness (QED) is 0.326. The van der Waals surface area contributed by atoms with Crippen LogP contribution in [0.15, 0.2) is 36.7 Å². The molecular formula is C18H18ClN5O4S. The van der Waals surface area contributed by atoms with Gasteiger partial charge in [-0.1, -0.05) is 41.9 Å². The van der Waals surface area contributed by atoms with E-state index in [1.54, 1.807) is 11.8 Å². The van der Waals surface area contributed by atoms with E-state index >= 15 is 0 Å². The maximum atomic E-state index is 12.2. The van der Waals surface area contributed by atoms with Crippen LogP contribution in [-0.4, -0.2) is 50.2 Å². The molecule has 0 radical (unpaired) electrons. The van der Waals surface area contributed by atoms with Crippen LogP contribution in [0.1, 0.15) is 5.56 Å². The highest BCUT2D eigenvalue weighted by molar-refractivity contribution is 7.98. The topological polar surface area (TPSA) is 108 Å². The summed E-state index contributed by atoms with van der Waals surface area (Å²) >= 11 is 7.68. The number of thioether (sulfide) groups is 1. The number of rotatable bonds is 8. The van der Waals surface area contributed by atoms with Crippen LogP contribution in [-0.2, 0) is 27.4 Å². The first-order valence-corrected chi connectivity index (χ1v) is 10.3. The van der Waals surface area contributed by atoms with E-state index in [0.717, 1.165) is 5.56 Å². The van der Waals surface area contributed by atoms with Gasteiger partial charge in [0.1, 0.15) is 25.3 Å². The van der Waals surface area contributed by atoms with E-state index in [4.69, 9.17) is 21.1 Å². The van der Waals surface area contributed by atoms with Gasteiger partial charge in [0.05, 0.1) is 6.33 Å². The Kier molecular flexibility index (Phi) is 7.25. The van der Waals surface area contributed by atoms with Crippen molar-refractivity contribution in [1.82, 2.24) is 19.5 Å². The van der Waals surface area contributed by atoms with Crippen LogP contribution in [0.4, 0.5) is 10.7 Å². The Morgan fingerprint density at radius 1 is 1.21 bits per heavy atom. The molecule has 1 aromatic carbocycles. The van der Waals surface area contributed by atoms with Crippen LogP contribution in [0.25, 0.3) is 11.2 Å². The summed E-state index contributed by atoms with van der Waals surface area (Å²) in [6, 6.07) is 9.35. The van der Waals surface area contributed by atoms with Crippen LogP contribution in [0.3, 0.4) is 0 Å². The first-order chi connectivity index (χ1) is 14.1. The number of halogens is 1. The summed E-state index contributed by atoms with van der Waals surface area (Å²) in [5, 5.41) is 2.46. The van der Waals surface area contributed by atoms with E-state index in [1.165, 1.54) is 10.9 Å². The average molecular weight is 436 g/mol. The molecule has 1 N–H and O–H groups in total. The Morgan fingerprint density at radius 2 is 2.00 bits per heavy atom. The monoisotopic (exact) mass is 435 g/mol. The number of anilines is 1. The number of esters is 1. The van der Waals surface area contributed by atoms with Gasteiger partial charge in [-0.25, -0.2) is 9.78 Å². The minimum absolute atomic E-state index is 0.0453. The predicted octanol–water partition coefficient (Wildman–Crippen LogP) is 3.13. The molecule has 0 saturated heterocycles. The minimum atomic E-state index is -0.692. The highest BCUT2D eigenvalue weighted by atomic mass is 35.5. The van der Waals surface area contributed by atoms with Crippen molar-refractivity contribution < 1.29 is 19.1 Å². The Bertz CT molecular complexity index is 999. The molecule has 1 amide bonds. The number of hydrogen-bond acceptors (Lipinski definition) is 8. The molecule has 0 unspecified atom stereocenters. The van der Waals surface area contributed by atoms with Crippen molar-refractivity contribution in [1.29, 1.82) is 0 Å². The van der Waals surface area contributed by atoms with Gasteiger partial charge in [0.2, 0.25) is 5.95 Å². The summed E-state index contributed by atoms with van der Waals surface area (Å²) in [6.45, 7) is 0.305. The Hall–Kier alpha value is -2.85. The molecule has 0 bridgehead atoms. The number of aromatic nitrogens is 4. The van der Waals surface area contributed by atoms with Crippen molar-refractivity contribution in [2.75, 3.05) is 23.9 Å². The third-order valence-electron chi connectivity index (χ3n) is 3.70. The number of benzene rings is 1. The van der Waals surface area contributed by atoms with Crippen molar-refractivity contribution >= 4 is 52.5 Å². The van der Waals surface area contributed by atoms with Crippen LogP contribution >= 0.6 is 23.4 Å². The maximum absolute atomic E-state index is 12.2. The summed E-state index contributed by atoms with van der Waals surface area (Å²) in [6.07, 6.45) is 2.63. The highest BCUT2D eigenvalue weighted by Crippen LogP contribution is 2.21. The lowest BCUT2D eigenvalue weighted by Crippen LogP contribution is -2.18. The van der Waals surface area contributed by atoms with Crippen molar-refractivity contribution in [3.05, 3.63) is 47.4 Å². The molecule has 11 heteroatoms. The second-order valence-corrected chi connectivity index (χ2v) is 7.13. The van der Waals surface area contributed by atoms with Crippen LogP contribution < -0.4 is 5.32 Å². The van der Waals surface area contributed by atoms with Crippen molar-refractivity contribution in [3.8, 4) is 0 Å². The number of nitrogens with one attached hydrogen (secondary N) is 1. The van der Waals surface area contributed by atoms with Gasteiger partial charge in [-0.2, -0.15) is 21.7 Å². The standard InChI is InChI=1S/C18H18ClN5O4S/c1-29-8-7-27-18(26)23-17-21-15(19)14-16(22-17)24(11-20-14)9-13(25)28-10-12-5-3-2-4-6-12/h2-6,11H,7-10H2,1H3,(H,21,22,23,26). The predicted molar refractivity (Wildman–Crippen MR) is 110 cm³/mol. The molecule has 0 aliphatic carbocycles. The summed E-state index contributed by atoms with van der Waals surface area (Å²) in [5.41, 5.74) is 1.48. The molecule has 152 valence electrons. The number of carbonyl (C=O) groups excluding carboxylic acids is 2. The molecule has 0 aliphatic rings. The molecule has 0 spiro atoms. The van der Waals surface area contributed by atoms with E-state index in [1.807, 2.05) is 36.6 Å². The number of carbonyl (C=O) groups is 2. The fraction of sp³-hybridized carbons (Fsp3) is 0.278. The molecule has 0 saturated carbocycles. The molecule has 9 nitrogen and oxygen atoms in total. The van der Waals surface area contributed by atoms with Gasteiger partial charge in [0.25, 0.3) is 0 Å². The summed E-state index contributed by atoms with van der Waals surface area (Å²) in [5.74, 6) is 0.163. The summed E-state index contributed by atoms with van der Waals surface area (Å²) in [7, 11) is 0. The zero-order chi connectivity index (χ0) is 20.6. The van der Waals surface area contributed by atoms with Gasteiger partial charge >= 0.3 is 12.1 Å². The first-order valence-electron chi connectivity index (χ1n) is 8.57. The zero-order valence-electron chi connectivity index (χ0n) is 15.5. The van der Waals surface area contributed by atoms with Crippen LogP contribution in [0, 0.1) is 0 Å². The highest BCUT2D eigenvalue weighted by Gasteiger charge is 2.16. The van der Waals surface area contributed by atoms with Gasteiger partial charge < -0.3 is 14.0 Å². The molecular weight excluding hydrogens is 418 g/mol. The maximum Gasteiger partial charge on any atom is 0.414 e. The van der Waals surface area contributed by atoms with Gasteiger partial charge in [-0.15, -0.1) is 0 Å². The van der Waals surface area contributed by atoms with Gasteiger partial charge in [-0.05, 0) is 11.8 Å². The Morgan fingerprint density at radius 3 is 2.76 bits per heavy atom. The number of fused-ring (bicyclic) bond motifs is 1. The second kappa shape index (κ2) is 10.1. The van der Waals surface area contributed by atoms with E-state index in [0.29, 0.717) is 16.9 Å². The number of ether oxygens (including phenoxy) is 2. The first kappa shape index (κ1) is 20.9. The molecule has 0 atom stereocenters. The third-order valence-corrected chi connectivity index (χ3v) is 4.54. The number of hydrogen-bond donors (Lipinski definition) is 1. The summed E-state index contributed by atoms with van der Waals surface area (Å²) in [4.78, 5) is 36.3. The molecule has 3 rings (SSSR count). The fourth-order valence-electron chi connectivity index (χ4n) is 2.35. The normalized spacial score (nSPS) is 10.7. The fourth-order valence-corrected chi connectivity index (χ4v) is 2.81. The molecule has 3 aromatic rings. The minimum Gasteiger partial charge on any atom is -0.459 e. The number of imidazole rings is 1. The zero-order valence-corrected chi connectivity index (χ0v) is 17.1. The number of nitrogens with zero attached hydrogens (tertiary/aromatic N) is 4.